The van der Waals surface area contributed by atoms with Crippen molar-refractivity contribution in [1.82, 2.24) is 0 Å². The zero-order chi connectivity index (χ0) is 14.6. The molecule has 0 aliphatic rings. The number of benzene rings is 1. The summed E-state index contributed by atoms with van der Waals surface area (Å²) in [5.41, 5.74) is 1.08. The normalized spacial score (nSPS) is 11.6. The van der Waals surface area contributed by atoms with E-state index in [0.717, 1.165) is 37.0 Å². The third-order valence-electron chi connectivity index (χ3n) is 2.95. The van der Waals surface area contributed by atoms with E-state index >= 15 is 0 Å². The first kappa shape index (κ1) is 16.6. The van der Waals surface area contributed by atoms with Crippen LogP contribution in [0.4, 0.5) is 0 Å². The lowest BCUT2D eigenvalue weighted by Gasteiger charge is -2.03. The van der Waals surface area contributed by atoms with Gasteiger partial charge in [-0.05, 0) is 30.5 Å². The molecule has 1 aromatic carbocycles. The smallest absolute Gasteiger partial charge is 0.118 e. The van der Waals surface area contributed by atoms with Gasteiger partial charge in [-0.15, -0.1) is 0 Å². The third kappa shape index (κ3) is 7.18. The predicted octanol–water partition coefficient (Wildman–Crippen LogP) is 3.16. The van der Waals surface area contributed by atoms with E-state index in [4.69, 9.17) is 9.47 Å². The average Bonchev–Trinajstić information content (AvgIpc) is 2.48. The van der Waals surface area contributed by atoms with E-state index in [9.17, 15) is 5.11 Å². The molecule has 1 unspecified atom stereocenters. The van der Waals surface area contributed by atoms with E-state index in [1.54, 1.807) is 7.11 Å². The molecular weight excluding hydrogens is 252 g/mol. The highest BCUT2D eigenvalue weighted by Crippen LogP contribution is 2.11. The van der Waals surface area contributed by atoms with Crippen molar-refractivity contribution >= 4 is 0 Å². The summed E-state index contributed by atoms with van der Waals surface area (Å²) in [6.45, 7) is 3.01. The number of aliphatic hydroxyl groups excluding tert-OH is 1. The number of aliphatic hydroxyl groups is 1. The summed E-state index contributed by atoms with van der Waals surface area (Å²) >= 11 is 0. The number of hydrogen-bond donors (Lipinski definition) is 1. The summed E-state index contributed by atoms with van der Waals surface area (Å²) in [5.74, 6) is 6.50. The van der Waals surface area contributed by atoms with Crippen molar-refractivity contribution < 1.29 is 14.6 Å². The fourth-order valence-corrected chi connectivity index (χ4v) is 1.76. The van der Waals surface area contributed by atoms with Crippen LogP contribution >= 0.6 is 0 Å². The Hall–Kier alpha value is -1.50. The molecule has 0 aliphatic carbocycles. The van der Waals surface area contributed by atoms with Crippen LogP contribution in [0.5, 0.6) is 5.75 Å². The molecule has 110 valence electrons. The first-order valence-electron chi connectivity index (χ1n) is 7.13. The minimum atomic E-state index is -0.522. The quantitative estimate of drug-likeness (QED) is 0.585. The monoisotopic (exact) mass is 276 g/mol. The summed E-state index contributed by atoms with van der Waals surface area (Å²) in [6.07, 6.45) is 3.56. The van der Waals surface area contributed by atoms with Crippen LogP contribution in [0, 0.1) is 11.8 Å². The summed E-state index contributed by atoms with van der Waals surface area (Å²) in [6, 6.07) is 7.74. The molecule has 0 saturated carbocycles. The molecule has 0 amide bonds. The lowest BCUT2D eigenvalue weighted by molar-refractivity contribution is 0.152. The molecule has 1 aromatic rings. The second-order valence-corrected chi connectivity index (χ2v) is 4.67. The van der Waals surface area contributed by atoms with Gasteiger partial charge in [0.15, 0.2) is 0 Å². The highest BCUT2D eigenvalue weighted by atomic mass is 16.5. The molecule has 0 spiro atoms. The molecule has 0 saturated heterocycles. The summed E-state index contributed by atoms with van der Waals surface area (Å²) < 4.78 is 10.5. The average molecular weight is 276 g/mol. The van der Waals surface area contributed by atoms with Crippen molar-refractivity contribution in [1.29, 1.82) is 0 Å². The number of ether oxygens (including phenoxy) is 2. The molecule has 1 rings (SSSR count). The van der Waals surface area contributed by atoms with Gasteiger partial charge in [-0.3, -0.25) is 0 Å². The van der Waals surface area contributed by atoms with Crippen LogP contribution in [-0.4, -0.2) is 24.9 Å². The van der Waals surface area contributed by atoms with E-state index in [0.29, 0.717) is 13.2 Å². The molecule has 3 heteroatoms. The summed E-state index contributed by atoms with van der Waals surface area (Å²) in [7, 11) is 1.65. The number of methoxy groups -OCH3 is 1. The van der Waals surface area contributed by atoms with Crippen LogP contribution in [0.3, 0.4) is 0 Å². The molecule has 1 atom stereocenters. The first-order chi connectivity index (χ1) is 9.76. The number of unbranched alkanes of at least 4 members (excludes halogenated alkanes) is 2. The molecule has 1 N–H and O–H groups in total. The highest BCUT2D eigenvalue weighted by Gasteiger charge is 1.97. The van der Waals surface area contributed by atoms with Gasteiger partial charge < -0.3 is 14.6 Å². The second kappa shape index (κ2) is 10.3. The molecule has 0 aliphatic heterocycles. The van der Waals surface area contributed by atoms with Crippen molar-refractivity contribution in [3.63, 3.8) is 0 Å². The van der Waals surface area contributed by atoms with Crippen LogP contribution in [-0.2, 0) is 11.3 Å². The zero-order valence-electron chi connectivity index (χ0n) is 12.4. The molecular formula is C17H24O3. The predicted molar refractivity (Wildman–Crippen MR) is 80.6 cm³/mol. The van der Waals surface area contributed by atoms with Crippen molar-refractivity contribution in [2.45, 2.75) is 45.3 Å². The maximum atomic E-state index is 9.61. The van der Waals surface area contributed by atoms with Gasteiger partial charge in [0.2, 0.25) is 0 Å². The molecule has 0 heterocycles. The lowest BCUT2D eigenvalue weighted by Crippen LogP contribution is -2.03. The lowest BCUT2D eigenvalue weighted by atomic mass is 10.1. The standard InChI is InChI=1S/C17H24O3/c1-3-4-5-7-16(18)8-6-13-20-14-15-9-11-17(19-2)12-10-15/h9-12,16,18H,3-5,7,13-14H2,1-2H3. The van der Waals surface area contributed by atoms with Gasteiger partial charge in [-0.2, -0.15) is 0 Å². The maximum Gasteiger partial charge on any atom is 0.118 e. The van der Waals surface area contributed by atoms with Gasteiger partial charge >= 0.3 is 0 Å². The van der Waals surface area contributed by atoms with Crippen LogP contribution in [0.1, 0.15) is 38.2 Å². The Labute approximate surface area is 121 Å². The van der Waals surface area contributed by atoms with Crippen LogP contribution in [0.2, 0.25) is 0 Å². The van der Waals surface area contributed by atoms with Gasteiger partial charge in [0, 0.05) is 0 Å². The van der Waals surface area contributed by atoms with Crippen LogP contribution < -0.4 is 4.74 Å². The third-order valence-corrected chi connectivity index (χ3v) is 2.95. The van der Waals surface area contributed by atoms with E-state index in [1.165, 1.54) is 0 Å². The zero-order valence-corrected chi connectivity index (χ0v) is 12.4. The van der Waals surface area contributed by atoms with E-state index in [1.807, 2.05) is 24.3 Å². The van der Waals surface area contributed by atoms with Gasteiger partial charge in [0.25, 0.3) is 0 Å². The maximum absolute atomic E-state index is 9.61. The molecule has 0 bridgehead atoms. The fraction of sp³-hybridized carbons (Fsp3) is 0.529. The minimum absolute atomic E-state index is 0.344. The summed E-state index contributed by atoms with van der Waals surface area (Å²) in [5, 5.41) is 9.61. The Kier molecular flexibility index (Phi) is 8.53. The van der Waals surface area contributed by atoms with Crippen molar-refractivity contribution in [2.24, 2.45) is 0 Å². The Balaban J connectivity index is 2.17. The fourth-order valence-electron chi connectivity index (χ4n) is 1.76. The molecule has 3 nitrogen and oxygen atoms in total. The Morgan fingerprint density at radius 3 is 2.60 bits per heavy atom. The van der Waals surface area contributed by atoms with Crippen molar-refractivity contribution in [3.05, 3.63) is 29.8 Å². The van der Waals surface area contributed by atoms with Gasteiger partial charge in [-0.25, -0.2) is 0 Å². The van der Waals surface area contributed by atoms with Crippen molar-refractivity contribution in [2.75, 3.05) is 13.7 Å². The molecule has 0 fully saturated rings. The topological polar surface area (TPSA) is 38.7 Å². The number of hydrogen-bond acceptors (Lipinski definition) is 3. The number of rotatable bonds is 8. The molecule has 0 radical (unpaired) electrons. The van der Waals surface area contributed by atoms with Crippen molar-refractivity contribution in [3.8, 4) is 17.6 Å². The Morgan fingerprint density at radius 2 is 1.95 bits per heavy atom. The largest absolute Gasteiger partial charge is 0.497 e. The molecule has 20 heavy (non-hydrogen) atoms. The molecule has 0 aromatic heterocycles. The van der Waals surface area contributed by atoms with E-state index in [2.05, 4.69) is 18.8 Å². The summed E-state index contributed by atoms with van der Waals surface area (Å²) in [4.78, 5) is 0. The van der Waals surface area contributed by atoms with Gasteiger partial charge in [0.05, 0.1) is 13.7 Å². The Morgan fingerprint density at radius 1 is 1.20 bits per heavy atom. The van der Waals surface area contributed by atoms with Crippen LogP contribution in [0.15, 0.2) is 24.3 Å². The minimum Gasteiger partial charge on any atom is -0.497 e. The van der Waals surface area contributed by atoms with Crippen LogP contribution in [0.25, 0.3) is 0 Å². The SMILES string of the molecule is CCCCCC(O)C#CCOCc1ccc(OC)cc1. The highest BCUT2D eigenvalue weighted by molar-refractivity contribution is 5.26. The van der Waals surface area contributed by atoms with E-state index in [-0.39, 0.29) is 0 Å². The van der Waals surface area contributed by atoms with E-state index < -0.39 is 6.10 Å². The Bertz CT molecular complexity index is 414. The second-order valence-electron chi connectivity index (χ2n) is 4.67. The van der Waals surface area contributed by atoms with Gasteiger partial charge in [0.1, 0.15) is 18.5 Å². The first-order valence-corrected chi connectivity index (χ1v) is 7.13. The van der Waals surface area contributed by atoms with Gasteiger partial charge in [-0.1, -0.05) is 43.7 Å².